The lowest BCUT2D eigenvalue weighted by molar-refractivity contribution is 0.282. The van der Waals surface area contributed by atoms with Gasteiger partial charge in [0.15, 0.2) is 0 Å². The molecule has 0 aliphatic carbocycles. The minimum atomic E-state index is 0.0664. The highest BCUT2D eigenvalue weighted by Gasteiger charge is 2.15. The molecule has 2 aromatic rings. The van der Waals surface area contributed by atoms with Crippen molar-refractivity contribution in [3.8, 4) is 0 Å². The smallest absolute Gasteiger partial charge is 0.0701 e. The topological polar surface area (TPSA) is 35.5 Å². The average molecular weight is 282 g/mol. The van der Waals surface area contributed by atoms with Crippen LogP contribution in [-0.2, 0) is 13.2 Å². The number of hydrogen-bond donors (Lipinski definition) is 2. The van der Waals surface area contributed by atoms with E-state index in [1.165, 1.54) is 24.1 Å². The Balaban J connectivity index is 1.76. The number of anilines is 2. The first kappa shape index (κ1) is 14.0. The fourth-order valence-corrected chi connectivity index (χ4v) is 2.95. The van der Waals surface area contributed by atoms with Crippen molar-refractivity contribution in [1.82, 2.24) is 0 Å². The standard InChI is InChI=1S/C18H22N2O/c21-14-16-8-1-3-9-17(16)19-13-15-7-2-4-10-18(15)20-11-5-6-12-20/h1-4,7-10,19,21H,5-6,11-14H2. The van der Waals surface area contributed by atoms with Crippen molar-refractivity contribution < 1.29 is 5.11 Å². The molecule has 0 saturated carbocycles. The van der Waals surface area contributed by atoms with Crippen LogP contribution in [0.4, 0.5) is 11.4 Å². The van der Waals surface area contributed by atoms with Gasteiger partial charge in [0.2, 0.25) is 0 Å². The lowest BCUT2D eigenvalue weighted by atomic mass is 10.1. The number of rotatable bonds is 5. The van der Waals surface area contributed by atoms with Gasteiger partial charge in [0, 0.05) is 36.6 Å². The van der Waals surface area contributed by atoms with Crippen LogP contribution < -0.4 is 10.2 Å². The lowest BCUT2D eigenvalue weighted by Crippen LogP contribution is -2.20. The van der Waals surface area contributed by atoms with Crippen LogP contribution in [-0.4, -0.2) is 18.2 Å². The van der Waals surface area contributed by atoms with Crippen LogP contribution >= 0.6 is 0 Å². The largest absolute Gasteiger partial charge is 0.392 e. The van der Waals surface area contributed by atoms with Gasteiger partial charge in [-0.3, -0.25) is 0 Å². The van der Waals surface area contributed by atoms with Gasteiger partial charge in [-0.15, -0.1) is 0 Å². The molecule has 0 unspecified atom stereocenters. The van der Waals surface area contributed by atoms with Crippen LogP contribution in [0.15, 0.2) is 48.5 Å². The number of para-hydroxylation sites is 2. The molecule has 0 bridgehead atoms. The van der Waals surface area contributed by atoms with E-state index in [0.29, 0.717) is 0 Å². The summed E-state index contributed by atoms with van der Waals surface area (Å²) in [6, 6.07) is 16.5. The molecule has 0 amide bonds. The lowest BCUT2D eigenvalue weighted by Gasteiger charge is -2.22. The van der Waals surface area contributed by atoms with Crippen LogP contribution in [0.2, 0.25) is 0 Å². The van der Waals surface area contributed by atoms with Crippen LogP contribution in [0.3, 0.4) is 0 Å². The summed E-state index contributed by atoms with van der Waals surface area (Å²) in [4.78, 5) is 2.47. The molecule has 0 spiro atoms. The number of aliphatic hydroxyl groups excluding tert-OH is 1. The molecule has 1 saturated heterocycles. The Morgan fingerprint density at radius 2 is 1.57 bits per heavy atom. The maximum Gasteiger partial charge on any atom is 0.0701 e. The molecule has 1 heterocycles. The third-order valence-electron chi connectivity index (χ3n) is 4.10. The van der Waals surface area contributed by atoms with Crippen LogP contribution in [0.5, 0.6) is 0 Å². The Labute approximate surface area is 126 Å². The van der Waals surface area contributed by atoms with Crippen molar-refractivity contribution in [3.63, 3.8) is 0 Å². The fourth-order valence-electron chi connectivity index (χ4n) is 2.95. The Hall–Kier alpha value is -2.00. The predicted molar refractivity (Wildman–Crippen MR) is 87.6 cm³/mol. The van der Waals surface area contributed by atoms with Gasteiger partial charge >= 0.3 is 0 Å². The van der Waals surface area contributed by atoms with Gasteiger partial charge in [0.05, 0.1) is 6.61 Å². The van der Waals surface area contributed by atoms with Crippen LogP contribution in [0.25, 0.3) is 0 Å². The van der Waals surface area contributed by atoms with Crippen molar-refractivity contribution in [3.05, 3.63) is 59.7 Å². The van der Waals surface area contributed by atoms with E-state index in [1.54, 1.807) is 0 Å². The molecular formula is C18H22N2O. The Morgan fingerprint density at radius 3 is 2.33 bits per heavy atom. The summed E-state index contributed by atoms with van der Waals surface area (Å²) in [5, 5.41) is 12.9. The molecule has 0 atom stereocenters. The Bertz CT molecular complexity index is 591. The van der Waals surface area contributed by atoms with Crippen molar-refractivity contribution in [2.45, 2.75) is 26.0 Å². The highest BCUT2D eigenvalue weighted by atomic mass is 16.3. The van der Waals surface area contributed by atoms with Crippen LogP contribution in [0.1, 0.15) is 24.0 Å². The highest BCUT2D eigenvalue weighted by Crippen LogP contribution is 2.25. The molecule has 3 rings (SSSR count). The van der Waals surface area contributed by atoms with Gasteiger partial charge in [-0.1, -0.05) is 36.4 Å². The molecule has 3 heteroatoms. The first-order valence-corrected chi connectivity index (χ1v) is 7.64. The number of nitrogens with one attached hydrogen (secondary N) is 1. The third kappa shape index (κ3) is 3.19. The molecule has 0 aromatic heterocycles. The van der Waals surface area contributed by atoms with Gasteiger partial charge in [-0.2, -0.15) is 0 Å². The van der Waals surface area contributed by atoms with Crippen LogP contribution in [0, 0.1) is 0 Å². The highest BCUT2D eigenvalue weighted by molar-refractivity contribution is 5.57. The summed E-state index contributed by atoms with van der Waals surface area (Å²) in [6.45, 7) is 3.16. The van der Waals surface area contributed by atoms with Gasteiger partial charge in [-0.25, -0.2) is 0 Å². The van der Waals surface area contributed by atoms with Gasteiger partial charge in [0.25, 0.3) is 0 Å². The number of aliphatic hydroxyl groups is 1. The minimum absolute atomic E-state index is 0.0664. The number of hydrogen-bond acceptors (Lipinski definition) is 3. The molecule has 1 aliphatic heterocycles. The summed E-state index contributed by atoms with van der Waals surface area (Å²) >= 11 is 0. The molecule has 110 valence electrons. The Morgan fingerprint density at radius 1 is 0.905 bits per heavy atom. The van der Waals surface area contributed by atoms with E-state index in [2.05, 4.69) is 34.5 Å². The van der Waals surface area contributed by atoms with Gasteiger partial charge < -0.3 is 15.3 Å². The summed E-state index contributed by atoms with van der Waals surface area (Å²) in [7, 11) is 0. The van der Waals surface area contributed by atoms with Gasteiger partial charge in [0.1, 0.15) is 0 Å². The number of nitrogens with zero attached hydrogens (tertiary/aromatic N) is 1. The number of benzene rings is 2. The second-order valence-electron chi connectivity index (χ2n) is 5.49. The molecule has 21 heavy (non-hydrogen) atoms. The first-order chi connectivity index (χ1) is 10.4. The molecule has 2 N–H and O–H groups in total. The fraction of sp³-hybridized carbons (Fsp3) is 0.333. The molecular weight excluding hydrogens is 260 g/mol. The predicted octanol–water partition coefficient (Wildman–Crippen LogP) is 3.39. The van der Waals surface area contributed by atoms with Crippen molar-refractivity contribution in [2.24, 2.45) is 0 Å². The zero-order valence-corrected chi connectivity index (χ0v) is 12.3. The second-order valence-corrected chi connectivity index (χ2v) is 5.49. The van der Waals surface area contributed by atoms with Crippen molar-refractivity contribution in [1.29, 1.82) is 0 Å². The maximum absolute atomic E-state index is 9.39. The normalized spacial score (nSPS) is 14.4. The molecule has 0 radical (unpaired) electrons. The SMILES string of the molecule is OCc1ccccc1NCc1ccccc1N1CCCC1. The van der Waals surface area contributed by atoms with E-state index >= 15 is 0 Å². The molecule has 2 aromatic carbocycles. The zero-order chi connectivity index (χ0) is 14.5. The van der Waals surface area contributed by atoms with E-state index in [0.717, 1.165) is 30.9 Å². The Kier molecular flexibility index (Phi) is 4.41. The second kappa shape index (κ2) is 6.64. The summed E-state index contributed by atoms with van der Waals surface area (Å²) in [6.07, 6.45) is 2.57. The van der Waals surface area contributed by atoms with E-state index in [4.69, 9.17) is 0 Å². The van der Waals surface area contributed by atoms with E-state index < -0.39 is 0 Å². The minimum Gasteiger partial charge on any atom is -0.392 e. The van der Waals surface area contributed by atoms with E-state index in [9.17, 15) is 5.11 Å². The van der Waals surface area contributed by atoms with E-state index in [-0.39, 0.29) is 6.61 Å². The molecule has 1 aliphatic rings. The molecule has 1 fully saturated rings. The first-order valence-electron chi connectivity index (χ1n) is 7.64. The monoisotopic (exact) mass is 282 g/mol. The average Bonchev–Trinajstić information content (AvgIpc) is 3.08. The zero-order valence-electron chi connectivity index (χ0n) is 12.3. The van der Waals surface area contributed by atoms with E-state index in [1.807, 2.05) is 24.3 Å². The third-order valence-corrected chi connectivity index (χ3v) is 4.10. The quantitative estimate of drug-likeness (QED) is 0.882. The van der Waals surface area contributed by atoms with Gasteiger partial charge in [-0.05, 0) is 30.5 Å². The summed E-state index contributed by atoms with van der Waals surface area (Å²) in [5.41, 5.74) is 4.60. The van der Waals surface area contributed by atoms with Crippen molar-refractivity contribution >= 4 is 11.4 Å². The van der Waals surface area contributed by atoms with Crippen molar-refractivity contribution in [2.75, 3.05) is 23.3 Å². The maximum atomic E-state index is 9.39. The molecule has 3 nitrogen and oxygen atoms in total. The summed E-state index contributed by atoms with van der Waals surface area (Å²) < 4.78 is 0. The summed E-state index contributed by atoms with van der Waals surface area (Å²) in [5.74, 6) is 0.